The molecule has 1 aromatic heterocycles. The molecule has 0 atom stereocenters. The topological polar surface area (TPSA) is 12.9 Å². The fraction of sp³-hybridized carbons (Fsp3) is 0.400. The predicted octanol–water partition coefficient (Wildman–Crippen LogP) is 4.89. The van der Waals surface area contributed by atoms with Crippen molar-refractivity contribution in [3.63, 3.8) is 0 Å². The van der Waals surface area contributed by atoms with Crippen molar-refractivity contribution in [1.82, 2.24) is 4.98 Å². The van der Waals surface area contributed by atoms with Gasteiger partial charge in [-0.05, 0) is 30.4 Å². The third-order valence-electron chi connectivity index (χ3n) is 3.46. The minimum absolute atomic E-state index is 0.483. The van der Waals surface area contributed by atoms with Gasteiger partial charge in [-0.25, -0.2) is 0 Å². The molecule has 1 nitrogen and oxygen atoms in total. The molecule has 0 aliphatic heterocycles. The van der Waals surface area contributed by atoms with E-state index in [1.807, 2.05) is 6.07 Å². The summed E-state index contributed by atoms with van der Waals surface area (Å²) in [7, 11) is 0. The lowest BCUT2D eigenvalue weighted by molar-refractivity contribution is 0.870. The van der Waals surface area contributed by atoms with Crippen LogP contribution in [0.1, 0.15) is 49.8 Å². The van der Waals surface area contributed by atoms with E-state index in [0.717, 1.165) is 15.9 Å². The first-order chi connectivity index (χ1) is 8.16. The molecule has 1 heterocycles. The number of hydrogen-bond acceptors (Lipinski definition) is 1. The Balaban J connectivity index is 2.28. The monoisotopic (exact) mass is 245 g/mol. The fourth-order valence-corrected chi connectivity index (χ4v) is 2.57. The zero-order valence-electron chi connectivity index (χ0n) is 10.2. The van der Waals surface area contributed by atoms with Crippen LogP contribution in [-0.4, -0.2) is 4.98 Å². The predicted molar refractivity (Wildman–Crippen MR) is 72.8 cm³/mol. The van der Waals surface area contributed by atoms with Gasteiger partial charge >= 0.3 is 0 Å². The van der Waals surface area contributed by atoms with E-state index in [2.05, 4.69) is 32.0 Å². The van der Waals surface area contributed by atoms with Crippen molar-refractivity contribution < 1.29 is 0 Å². The van der Waals surface area contributed by atoms with Gasteiger partial charge in [0.2, 0.25) is 0 Å². The molecule has 0 spiro atoms. The van der Waals surface area contributed by atoms with Gasteiger partial charge in [-0.15, -0.1) is 0 Å². The Hall–Kier alpha value is -1.08. The van der Waals surface area contributed by atoms with E-state index in [-0.39, 0.29) is 0 Å². The molecule has 0 radical (unpaired) electrons. The summed E-state index contributed by atoms with van der Waals surface area (Å²) in [5.41, 5.74) is 3.57. The van der Waals surface area contributed by atoms with Crippen LogP contribution in [0.15, 0.2) is 24.3 Å². The summed E-state index contributed by atoms with van der Waals surface area (Å²) in [5.74, 6) is 1.13. The van der Waals surface area contributed by atoms with Crippen LogP contribution >= 0.6 is 11.6 Å². The quantitative estimate of drug-likeness (QED) is 0.734. The number of para-hydroxylation sites is 1. The van der Waals surface area contributed by atoms with Crippen LogP contribution in [0.4, 0.5) is 0 Å². The van der Waals surface area contributed by atoms with Crippen molar-refractivity contribution in [2.75, 3.05) is 0 Å². The van der Waals surface area contributed by atoms with Gasteiger partial charge in [0.05, 0.1) is 10.5 Å². The maximum Gasteiger partial charge on any atom is 0.0754 e. The Labute approximate surface area is 107 Å². The lowest BCUT2D eigenvalue weighted by Gasteiger charge is -2.11. The SMILES string of the molecule is CC(C)c1cccc2c(Cl)cc(C3CC3)nc12. The van der Waals surface area contributed by atoms with Crippen molar-refractivity contribution >= 4 is 22.5 Å². The molecule has 1 saturated carbocycles. The molecule has 2 heteroatoms. The summed E-state index contributed by atoms with van der Waals surface area (Å²) >= 11 is 6.37. The molecular weight excluding hydrogens is 230 g/mol. The highest BCUT2D eigenvalue weighted by Crippen LogP contribution is 2.41. The second kappa shape index (κ2) is 3.99. The van der Waals surface area contributed by atoms with Crippen LogP contribution in [0.25, 0.3) is 10.9 Å². The molecule has 1 aliphatic rings. The zero-order chi connectivity index (χ0) is 12.0. The molecule has 0 bridgehead atoms. The summed E-state index contributed by atoms with van der Waals surface area (Å²) in [6.07, 6.45) is 2.53. The first-order valence-electron chi connectivity index (χ1n) is 6.26. The Bertz CT molecular complexity index is 570. The third-order valence-corrected chi connectivity index (χ3v) is 3.77. The van der Waals surface area contributed by atoms with Crippen molar-refractivity contribution in [3.8, 4) is 0 Å². The standard InChI is InChI=1S/C15H16ClN/c1-9(2)11-4-3-5-12-13(16)8-14(10-6-7-10)17-15(11)12/h3-5,8-10H,6-7H2,1-2H3. The first kappa shape index (κ1) is 11.0. The highest BCUT2D eigenvalue weighted by Gasteiger charge is 2.26. The van der Waals surface area contributed by atoms with Crippen LogP contribution in [0.2, 0.25) is 5.02 Å². The number of rotatable bonds is 2. The summed E-state index contributed by atoms with van der Waals surface area (Å²) in [6.45, 7) is 4.41. The van der Waals surface area contributed by atoms with Crippen molar-refractivity contribution in [2.45, 2.75) is 38.5 Å². The van der Waals surface area contributed by atoms with Gasteiger partial charge in [-0.3, -0.25) is 4.98 Å². The number of nitrogens with zero attached hydrogens (tertiary/aromatic N) is 1. The minimum atomic E-state index is 0.483. The summed E-state index contributed by atoms with van der Waals surface area (Å²) < 4.78 is 0. The Morgan fingerprint density at radius 2 is 2.06 bits per heavy atom. The van der Waals surface area contributed by atoms with Crippen LogP contribution in [0.5, 0.6) is 0 Å². The van der Waals surface area contributed by atoms with Gasteiger partial charge in [0.15, 0.2) is 0 Å². The number of fused-ring (bicyclic) bond motifs is 1. The number of pyridine rings is 1. The first-order valence-corrected chi connectivity index (χ1v) is 6.63. The lowest BCUT2D eigenvalue weighted by Crippen LogP contribution is -1.95. The lowest BCUT2D eigenvalue weighted by atomic mass is 9.99. The average Bonchev–Trinajstić information content (AvgIpc) is 3.11. The number of hydrogen-bond donors (Lipinski definition) is 0. The molecule has 0 unspecified atom stereocenters. The average molecular weight is 246 g/mol. The molecule has 0 N–H and O–H groups in total. The normalized spacial score (nSPS) is 15.8. The van der Waals surface area contributed by atoms with E-state index >= 15 is 0 Å². The molecule has 2 aromatic rings. The third kappa shape index (κ3) is 1.93. The van der Waals surface area contributed by atoms with Gasteiger partial charge in [-0.2, -0.15) is 0 Å². The van der Waals surface area contributed by atoms with Gasteiger partial charge in [-0.1, -0.05) is 43.6 Å². The van der Waals surface area contributed by atoms with Crippen molar-refractivity contribution in [3.05, 3.63) is 40.5 Å². The molecule has 0 amide bonds. The largest absolute Gasteiger partial charge is 0.252 e. The smallest absolute Gasteiger partial charge is 0.0754 e. The van der Waals surface area contributed by atoms with E-state index in [0.29, 0.717) is 11.8 Å². The number of halogens is 1. The summed E-state index contributed by atoms with van der Waals surface area (Å²) in [4.78, 5) is 4.83. The molecule has 0 saturated heterocycles. The van der Waals surface area contributed by atoms with Crippen molar-refractivity contribution in [1.29, 1.82) is 0 Å². The van der Waals surface area contributed by atoms with Crippen LogP contribution in [-0.2, 0) is 0 Å². The summed E-state index contributed by atoms with van der Waals surface area (Å²) in [6, 6.07) is 8.34. The highest BCUT2D eigenvalue weighted by molar-refractivity contribution is 6.35. The second-order valence-corrected chi connectivity index (χ2v) is 5.61. The van der Waals surface area contributed by atoms with Crippen molar-refractivity contribution in [2.24, 2.45) is 0 Å². The van der Waals surface area contributed by atoms with Gasteiger partial charge in [0.1, 0.15) is 0 Å². The van der Waals surface area contributed by atoms with E-state index in [1.165, 1.54) is 24.1 Å². The zero-order valence-corrected chi connectivity index (χ0v) is 11.0. The Morgan fingerprint density at radius 1 is 1.29 bits per heavy atom. The molecule has 1 fully saturated rings. The van der Waals surface area contributed by atoms with Crippen LogP contribution in [0.3, 0.4) is 0 Å². The molecule has 1 aliphatic carbocycles. The molecule has 1 aromatic carbocycles. The molecule has 88 valence electrons. The molecule has 17 heavy (non-hydrogen) atoms. The maximum absolute atomic E-state index is 6.37. The number of aromatic nitrogens is 1. The molecule has 3 rings (SSSR count). The maximum atomic E-state index is 6.37. The van der Waals surface area contributed by atoms with E-state index < -0.39 is 0 Å². The van der Waals surface area contributed by atoms with Gasteiger partial charge < -0.3 is 0 Å². The van der Waals surface area contributed by atoms with E-state index in [4.69, 9.17) is 16.6 Å². The highest BCUT2D eigenvalue weighted by atomic mass is 35.5. The fourth-order valence-electron chi connectivity index (χ4n) is 2.30. The Kier molecular flexibility index (Phi) is 2.59. The summed E-state index contributed by atoms with van der Waals surface area (Å²) in [5, 5.41) is 1.93. The van der Waals surface area contributed by atoms with Gasteiger partial charge in [0, 0.05) is 17.0 Å². The van der Waals surface area contributed by atoms with Crippen LogP contribution < -0.4 is 0 Å². The Morgan fingerprint density at radius 3 is 2.71 bits per heavy atom. The van der Waals surface area contributed by atoms with Gasteiger partial charge in [0.25, 0.3) is 0 Å². The van der Waals surface area contributed by atoms with E-state index in [9.17, 15) is 0 Å². The second-order valence-electron chi connectivity index (χ2n) is 5.20. The van der Waals surface area contributed by atoms with E-state index in [1.54, 1.807) is 0 Å². The molecular formula is C15H16ClN. The number of benzene rings is 1. The van der Waals surface area contributed by atoms with Crippen LogP contribution in [0, 0.1) is 0 Å². The minimum Gasteiger partial charge on any atom is -0.252 e.